The third kappa shape index (κ3) is 3.16. The molecule has 1 aliphatic rings. The minimum absolute atomic E-state index is 0.0528. The second-order valence-corrected chi connectivity index (χ2v) is 6.45. The van der Waals surface area contributed by atoms with Gasteiger partial charge >= 0.3 is 6.03 Å². The molecule has 130 valence electrons. The zero-order valence-electron chi connectivity index (χ0n) is 14.6. The Morgan fingerprint density at radius 2 is 1.77 bits per heavy atom. The van der Waals surface area contributed by atoms with Crippen LogP contribution >= 0.6 is 0 Å². The Labute approximate surface area is 152 Å². The van der Waals surface area contributed by atoms with Gasteiger partial charge in [-0.25, -0.2) is 14.8 Å². The zero-order valence-corrected chi connectivity index (χ0v) is 14.6. The predicted octanol–water partition coefficient (Wildman–Crippen LogP) is 3.98. The van der Waals surface area contributed by atoms with Crippen molar-refractivity contribution in [2.45, 2.75) is 19.4 Å². The van der Waals surface area contributed by atoms with E-state index in [4.69, 9.17) is 0 Å². The lowest BCUT2D eigenvalue weighted by atomic mass is 10.0. The number of benzene rings is 2. The molecule has 0 fully saturated rings. The van der Waals surface area contributed by atoms with Crippen molar-refractivity contribution in [3.05, 3.63) is 78.4 Å². The van der Waals surface area contributed by atoms with E-state index in [9.17, 15) is 4.79 Å². The average molecular weight is 344 g/mol. The monoisotopic (exact) mass is 344 g/mol. The van der Waals surface area contributed by atoms with Crippen LogP contribution in [0, 0.1) is 0 Å². The highest BCUT2D eigenvalue weighted by Gasteiger charge is 2.25. The molecule has 0 saturated heterocycles. The van der Waals surface area contributed by atoms with Crippen LogP contribution in [0.1, 0.15) is 24.1 Å². The standard InChI is InChI=1S/C21H20N4O/c1-15(16-6-8-17(9-7-16)19-12-22-14-23-13-19)24-21(26)25-11-10-18-4-2-3-5-20(18)25/h2-9,12-15H,10-11H2,1H3,(H,24,26). The van der Waals surface area contributed by atoms with Gasteiger partial charge in [0.25, 0.3) is 0 Å². The van der Waals surface area contributed by atoms with Gasteiger partial charge in [-0.15, -0.1) is 0 Å². The third-order valence-electron chi connectivity index (χ3n) is 4.78. The van der Waals surface area contributed by atoms with E-state index < -0.39 is 0 Å². The van der Waals surface area contributed by atoms with E-state index in [-0.39, 0.29) is 12.1 Å². The molecule has 4 rings (SSSR count). The fourth-order valence-corrected chi connectivity index (χ4v) is 3.31. The summed E-state index contributed by atoms with van der Waals surface area (Å²) in [5.74, 6) is 0. The first-order valence-electron chi connectivity index (χ1n) is 8.73. The fraction of sp³-hybridized carbons (Fsp3) is 0.190. The Hall–Kier alpha value is -3.21. The van der Waals surface area contributed by atoms with Gasteiger partial charge in [0.05, 0.1) is 6.04 Å². The smallest absolute Gasteiger partial charge is 0.322 e. The van der Waals surface area contributed by atoms with Gasteiger partial charge in [0, 0.05) is 30.2 Å². The number of hydrogen-bond acceptors (Lipinski definition) is 3. The number of nitrogens with zero attached hydrogens (tertiary/aromatic N) is 3. The van der Waals surface area contributed by atoms with E-state index in [1.807, 2.05) is 54.3 Å². The second-order valence-electron chi connectivity index (χ2n) is 6.45. The molecule has 2 amide bonds. The van der Waals surface area contributed by atoms with E-state index in [0.717, 1.165) is 35.3 Å². The minimum atomic E-state index is -0.0728. The van der Waals surface area contributed by atoms with Crippen molar-refractivity contribution in [2.75, 3.05) is 11.4 Å². The highest BCUT2D eigenvalue weighted by Crippen LogP contribution is 2.28. The van der Waals surface area contributed by atoms with Gasteiger partial charge in [-0.2, -0.15) is 0 Å². The molecule has 1 aromatic heterocycles. The van der Waals surface area contributed by atoms with E-state index in [1.54, 1.807) is 12.4 Å². The molecule has 0 bridgehead atoms. The normalized spacial score (nSPS) is 14.0. The molecule has 1 unspecified atom stereocenters. The van der Waals surface area contributed by atoms with E-state index >= 15 is 0 Å². The van der Waals surface area contributed by atoms with Gasteiger partial charge in [-0.3, -0.25) is 4.90 Å². The Bertz CT molecular complexity index is 909. The molecule has 5 heteroatoms. The lowest BCUT2D eigenvalue weighted by Crippen LogP contribution is -2.40. The van der Waals surface area contributed by atoms with Crippen LogP contribution < -0.4 is 10.2 Å². The molecular weight excluding hydrogens is 324 g/mol. The molecule has 3 aromatic rings. The molecule has 1 atom stereocenters. The van der Waals surface area contributed by atoms with Gasteiger partial charge in [0.15, 0.2) is 0 Å². The largest absolute Gasteiger partial charge is 0.331 e. The highest BCUT2D eigenvalue weighted by molar-refractivity contribution is 5.94. The first kappa shape index (κ1) is 16.3. The maximum Gasteiger partial charge on any atom is 0.322 e. The first-order valence-corrected chi connectivity index (χ1v) is 8.73. The summed E-state index contributed by atoms with van der Waals surface area (Å²) >= 11 is 0. The quantitative estimate of drug-likeness (QED) is 0.782. The minimum Gasteiger partial charge on any atom is -0.331 e. The topological polar surface area (TPSA) is 58.1 Å². The van der Waals surface area contributed by atoms with Gasteiger partial charge in [-0.1, -0.05) is 42.5 Å². The Morgan fingerprint density at radius 1 is 1.04 bits per heavy atom. The molecule has 1 N–H and O–H groups in total. The summed E-state index contributed by atoms with van der Waals surface area (Å²) in [6.07, 6.45) is 6.01. The number of fused-ring (bicyclic) bond motifs is 1. The van der Waals surface area contributed by atoms with E-state index in [1.165, 1.54) is 11.9 Å². The van der Waals surface area contributed by atoms with Crippen molar-refractivity contribution in [3.63, 3.8) is 0 Å². The zero-order chi connectivity index (χ0) is 17.9. The van der Waals surface area contributed by atoms with Crippen molar-refractivity contribution in [3.8, 4) is 11.1 Å². The summed E-state index contributed by atoms with van der Waals surface area (Å²) in [6, 6.07) is 16.1. The van der Waals surface area contributed by atoms with Crippen molar-refractivity contribution in [1.82, 2.24) is 15.3 Å². The number of carbonyl (C=O) groups is 1. The van der Waals surface area contributed by atoms with Crippen LogP contribution in [0.5, 0.6) is 0 Å². The lowest BCUT2D eigenvalue weighted by Gasteiger charge is -2.22. The van der Waals surface area contributed by atoms with Crippen molar-refractivity contribution >= 4 is 11.7 Å². The van der Waals surface area contributed by atoms with Gasteiger partial charge in [0.1, 0.15) is 6.33 Å². The molecule has 26 heavy (non-hydrogen) atoms. The highest BCUT2D eigenvalue weighted by atomic mass is 16.2. The number of carbonyl (C=O) groups excluding carboxylic acids is 1. The molecule has 2 heterocycles. The number of amides is 2. The molecular formula is C21H20N4O. The second kappa shape index (κ2) is 6.96. The van der Waals surface area contributed by atoms with Crippen LogP contribution in [0.4, 0.5) is 10.5 Å². The van der Waals surface area contributed by atoms with Crippen LogP contribution in [0.3, 0.4) is 0 Å². The number of nitrogens with one attached hydrogen (secondary N) is 1. The summed E-state index contributed by atoms with van der Waals surface area (Å²) in [5.41, 5.74) is 5.33. The summed E-state index contributed by atoms with van der Waals surface area (Å²) in [6.45, 7) is 2.73. The maximum absolute atomic E-state index is 12.7. The number of anilines is 1. The number of hydrogen-bond donors (Lipinski definition) is 1. The summed E-state index contributed by atoms with van der Waals surface area (Å²) < 4.78 is 0. The Kier molecular flexibility index (Phi) is 4.35. The number of rotatable bonds is 3. The predicted molar refractivity (Wildman–Crippen MR) is 102 cm³/mol. The lowest BCUT2D eigenvalue weighted by molar-refractivity contribution is 0.244. The number of urea groups is 1. The molecule has 0 aliphatic carbocycles. The molecule has 0 spiro atoms. The van der Waals surface area contributed by atoms with Crippen LogP contribution in [-0.4, -0.2) is 22.5 Å². The van der Waals surface area contributed by atoms with Crippen LogP contribution in [-0.2, 0) is 6.42 Å². The van der Waals surface area contributed by atoms with Crippen molar-refractivity contribution in [2.24, 2.45) is 0 Å². The van der Waals surface area contributed by atoms with Gasteiger partial charge < -0.3 is 5.32 Å². The molecule has 5 nitrogen and oxygen atoms in total. The van der Waals surface area contributed by atoms with Crippen LogP contribution in [0.25, 0.3) is 11.1 Å². The number of para-hydroxylation sites is 1. The average Bonchev–Trinajstić information content (AvgIpc) is 3.13. The summed E-state index contributed by atoms with van der Waals surface area (Å²) in [7, 11) is 0. The van der Waals surface area contributed by atoms with Gasteiger partial charge in [0.2, 0.25) is 0 Å². The van der Waals surface area contributed by atoms with Gasteiger partial charge in [-0.05, 0) is 36.1 Å². The van der Waals surface area contributed by atoms with E-state index in [0.29, 0.717) is 0 Å². The van der Waals surface area contributed by atoms with E-state index in [2.05, 4.69) is 21.4 Å². The van der Waals surface area contributed by atoms with Crippen molar-refractivity contribution < 1.29 is 4.79 Å². The third-order valence-corrected chi connectivity index (χ3v) is 4.78. The molecule has 0 saturated carbocycles. The maximum atomic E-state index is 12.7. The molecule has 0 radical (unpaired) electrons. The Morgan fingerprint density at radius 3 is 2.54 bits per heavy atom. The Balaban J connectivity index is 1.45. The summed E-state index contributed by atoms with van der Waals surface area (Å²) in [4.78, 5) is 22.6. The SMILES string of the molecule is CC(NC(=O)N1CCc2ccccc21)c1ccc(-c2cncnc2)cc1. The number of aromatic nitrogens is 2. The molecule has 1 aliphatic heterocycles. The fourth-order valence-electron chi connectivity index (χ4n) is 3.31. The first-order chi connectivity index (χ1) is 12.7. The van der Waals surface area contributed by atoms with Crippen LogP contribution in [0.2, 0.25) is 0 Å². The molecule has 2 aromatic carbocycles. The van der Waals surface area contributed by atoms with Crippen molar-refractivity contribution in [1.29, 1.82) is 0 Å². The van der Waals surface area contributed by atoms with Crippen LogP contribution in [0.15, 0.2) is 67.3 Å². The summed E-state index contributed by atoms with van der Waals surface area (Å²) in [5, 5.41) is 3.10.